The molecule has 13 heteroatoms. The minimum absolute atomic E-state index is 0.0105. The van der Waals surface area contributed by atoms with Gasteiger partial charge >= 0.3 is 26.2 Å². The first kappa shape index (κ1) is 23.5. The van der Waals surface area contributed by atoms with E-state index in [4.69, 9.17) is 18.8 Å². The van der Waals surface area contributed by atoms with Gasteiger partial charge in [-0.15, -0.1) is 0 Å². The van der Waals surface area contributed by atoms with Crippen molar-refractivity contribution in [3.8, 4) is 11.5 Å². The summed E-state index contributed by atoms with van der Waals surface area (Å²) in [6, 6.07) is 6.82. The van der Waals surface area contributed by atoms with E-state index < -0.39 is 38.2 Å². The zero-order valence-corrected chi connectivity index (χ0v) is 18.8. The van der Waals surface area contributed by atoms with Crippen LogP contribution in [0.4, 0.5) is 5.69 Å². The number of benzene rings is 2. The highest BCUT2D eigenvalue weighted by Gasteiger charge is 2.42. The number of carbonyl (C=O) groups is 2. The van der Waals surface area contributed by atoms with Crippen LogP contribution in [0.1, 0.15) is 31.8 Å². The van der Waals surface area contributed by atoms with Crippen LogP contribution in [0.5, 0.6) is 11.5 Å². The minimum atomic E-state index is -1.31. The number of methoxy groups -OCH3 is 1. The third kappa shape index (κ3) is 4.31. The summed E-state index contributed by atoms with van der Waals surface area (Å²) >= 11 is 0. The standard InChI is InChI=1S/C22H23B2NO10/c1-32-17-7-12-5-13(8-16(22(28)29)20(12)35-23(17)30)25-9-14(10-25)33-18-6-11-3-2-4-15(21(26)27)19(11)34-24(18)31/h2-5,8,14,17-18,30-31H,6-7,9-10H2,1H3,(H,26,27)(H,28,29)/t17-,18-/m0/s1. The molecule has 35 heavy (non-hydrogen) atoms. The number of carboxylic acid groups (broad SMARTS) is 2. The van der Waals surface area contributed by atoms with E-state index in [1.165, 1.54) is 19.2 Å². The predicted molar refractivity (Wildman–Crippen MR) is 123 cm³/mol. The SMILES string of the molecule is CO[C@H]1Cc2cc(N3CC(O[C@H]4Cc5cccc(C(=O)O)c5OB4O)C3)cc(C(=O)O)c2OB1O. The number of hydrogen-bond acceptors (Lipinski definition) is 9. The molecule has 0 radical (unpaired) electrons. The number of ether oxygens (including phenoxy) is 2. The number of carboxylic acids is 2. The number of fused-ring (bicyclic) bond motifs is 2. The van der Waals surface area contributed by atoms with Crippen molar-refractivity contribution >= 4 is 31.9 Å². The van der Waals surface area contributed by atoms with Gasteiger partial charge in [0.25, 0.3) is 0 Å². The second-order valence-electron chi connectivity index (χ2n) is 8.79. The number of para-hydroxylation sites is 1. The first-order valence-electron chi connectivity index (χ1n) is 11.1. The second kappa shape index (κ2) is 9.08. The van der Waals surface area contributed by atoms with Crippen molar-refractivity contribution in [2.24, 2.45) is 0 Å². The van der Waals surface area contributed by atoms with Crippen LogP contribution in [0.3, 0.4) is 0 Å². The van der Waals surface area contributed by atoms with Crippen molar-refractivity contribution in [2.75, 3.05) is 25.1 Å². The number of nitrogens with zero attached hydrogens (tertiary/aromatic N) is 1. The van der Waals surface area contributed by atoms with E-state index in [1.807, 2.05) is 11.0 Å². The molecule has 0 spiro atoms. The van der Waals surface area contributed by atoms with Gasteiger partial charge in [0.15, 0.2) is 0 Å². The zero-order chi connectivity index (χ0) is 24.9. The van der Waals surface area contributed by atoms with E-state index in [2.05, 4.69) is 0 Å². The summed E-state index contributed by atoms with van der Waals surface area (Å²) in [6.45, 7) is 0.917. The number of aromatic carboxylic acids is 2. The average molecular weight is 483 g/mol. The summed E-state index contributed by atoms with van der Waals surface area (Å²) < 4.78 is 22.2. The van der Waals surface area contributed by atoms with E-state index in [-0.39, 0.29) is 28.7 Å². The number of anilines is 1. The van der Waals surface area contributed by atoms with Gasteiger partial charge < -0.3 is 43.9 Å². The molecule has 11 nitrogen and oxygen atoms in total. The molecule has 1 saturated heterocycles. The lowest BCUT2D eigenvalue weighted by molar-refractivity contribution is -0.00440. The van der Waals surface area contributed by atoms with E-state index in [0.717, 1.165) is 0 Å². The molecule has 2 aromatic carbocycles. The van der Waals surface area contributed by atoms with Gasteiger partial charge in [-0.3, -0.25) is 0 Å². The fourth-order valence-corrected chi connectivity index (χ4v) is 4.68. The first-order valence-corrected chi connectivity index (χ1v) is 11.1. The maximum absolute atomic E-state index is 11.8. The molecule has 3 aliphatic heterocycles. The van der Waals surface area contributed by atoms with Crippen molar-refractivity contribution in [3.63, 3.8) is 0 Å². The van der Waals surface area contributed by atoms with Crippen molar-refractivity contribution in [1.82, 2.24) is 0 Å². The fraction of sp³-hybridized carbons (Fsp3) is 0.364. The number of rotatable bonds is 6. The van der Waals surface area contributed by atoms with Gasteiger partial charge in [-0.25, -0.2) is 9.59 Å². The van der Waals surface area contributed by atoms with Crippen molar-refractivity contribution < 1.29 is 48.6 Å². The molecule has 2 aromatic rings. The lowest BCUT2D eigenvalue weighted by Gasteiger charge is -2.43. The van der Waals surface area contributed by atoms with Gasteiger partial charge in [0.1, 0.15) is 29.1 Å². The lowest BCUT2D eigenvalue weighted by Crippen LogP contribution is -2.57. The van der Waals surface area contributed by atoms with Crippen LogP contribution in [0, 0.1) is 0 Å². The summed E-state index contributed by atoms with van der Waals surface area (Å²) in [5.41, 5.74) is 1.89. The van der Waals surface area contributed by atoms with Crippen LogP contribution >= 0.6 is 0 Å². The highest BCUT2D eigenvalue weighted by atomic mass is 16.6. The lowest BCUT2D eigenvalue weighted by atomic mass is 9.74. The third-order valence-corrected chi connectivity index (χ3v) is 6.55. The summed E-state index contributed by atoms with van der Waals surface area (Å²) in [5.74, 6) is -2.01. The fourth-order valence-electron chi connectivity index (χ4n) is 4.68. The van der Waals surface area contributed by atoms with Crippen LogP contribution in [-0.2, 0) is 22.3 Å². The van der Waals surface area contributed by atoms with Crippen molar-refractivity contribution in [3.05, 3.63) is 52.6 Å². The first-order chi connectivity index (χ1) is 16.7. The van der Waals surface area contributed by atoms with Crippen LogP contribution in [-0.4, -0.2) is 84.7 Å². The van der Waals surface area contributed by atoms with Crippen LogP contribution in [0.2, 0.25) is 0 Å². The Kier molecular flexibility index (Phi) is 6.09. The Morgan fingerprint density at radius 1 is 0.943 bits per heavy atom. The predicted octanol–water partition coefficient (Wildman–Crippen LogP) is 0.281. The Balaban J connectivity index is 1.27. The Hall–Kier alpha value is -3.25. The molecule has 0 amide bonds. The smallest absolute Gasteiger partial charge is 0.534 e. The topological polar surface area (TPSA) is 155 Å². The monoisotopic (exact) mass is 483 g/mol. The Morgan fingerprint density at radius 3 is 2.23 bits per heavy atom. The molecular formula is C22H23B2NO10. The van der Waals surface area contributed by atoms with Crippen LogP contribution in [0.15, 0.2) is 30.3 Å². The Bertz CT molecular complexity index is 1170. The normalized spacial score (nSPS) is 21.4. The van der Waals surface area contributed by atoms with E-state index >= 15 is 0 Å². The van der Waals surface area contributed by atoms with Crippen molar-refractivity contribution in [2.45, 2.75) is 31.0 Å². The molecule has 2 atom stereocenters. The molecule has 3 aliphatic rings. The Labute approximate surface area is 201 Å². The van der Waals surface area contributed by atoms with Gasteiger partial charge in [0, 0.05) is 38.7 Å². The maximum Gasteiger partial charge on any atom is 0.554 e. The van der Waals surface area contributed by atoms with E-state index in [0.29, 0.717) is 42.7 Å². The molecule has 0 bridgehead atoms. The van der Waals surface area contributed by atoms with Gasteiger partial charge in [0.2, 0.25) is 0 Å². The van der Waals surface area contributed by atoms with E-state index in [9.17, 15) is 29.9 Å². The summed E-state index contributed by atoms with van der Waals surface area (Å²) in [5, 5.41) is 39.4. The highest BCUT2D eigenvalue weighted by molar-refractivity contribution is 6.46. The average Bonchev–Trinajstić information content (AvgIpc) is 2.79. The largest absolute Gasteiger partial charge is 0.554 e. The summed E-state index contributed by atoms with van der Waals surface area (Å²) in [7, 11) is -1.11. The van der Waals surface area contributed by atoms with Gasteiger partial charge in [0.05, 0.1) is 11.7 Å². The Morgan fingerprint density at radius 2 is 1.57 bits per heavy atom. The molecule has 0 unspecified atom stereocenters. The minimum Gasteiger partial charge on any atom is -0.534 e. The molecule has 4 N–H and O–H groups in total. The molecule has 3 heterocycles. The van der Waals surface area contributed by atoms with Gasteiger partial charge in [-0.05, 0) is 29.3 Å². The van der Waals surface area contributed by atoms with E-state index in [1.54, 1.807) is 12.1 Å². The molecule has 182 valence electrons. The second-order valence-corrected chi connectivity index (χ2v) is 8.79. The molecule has 5 rings (SSSR count). The highest BCUT2D eigenvalue weighted by Crippen LogP contribution is 2.37. The zero-order valence-electron chi connectivity index (χ0n) is 18.8. The molecule has 0 saturated carbocycles. The quantitative estimate of drug-likeness (QED) is 0.419. The molecular weight excluding hydrogens is 460 g/mol. The van der Waals surface area contributed by atoms with Crippen molar-refractivity contribution in [1.29, 1.82) is 0 Å². The van der Waals surface area contributed by atoms with Crippen LogP contribution < -0.4 is 14.2 Å². The summed E-state index contributed by atoms with van der Waals surface area (Å²) in [4.78, 5) is 25.2. The summed E-state index contributed by atoms with van der Waals surface area (Å²) in [6.07, 6.45) is 0.364. The third-order valence-electron chi connectivity index (χ3n) is 6.55. The molecule has 0 aromatic heterocycles. The number of hydrogen-bond donors (Lipinski definition) is 4. The van der Waals surface area contributed by atoms with Crippen LogP contribution in [0.25, 0.3) is 0 Å². The van der Waals surface area contributed by atoms with Gasteiger partial charge in [-0.2, -0.15) is 0 Å². The maximum atomic E-state index is 11.8. The van der Waals surface area contributed by atoms with Gasteiger partial charge in [-0.1, -0.05) is 12.1 Å². The molecule has 1 fully saturated rings. The molecule has 0 aliphatic carbocycles.